The Balaban J connectivity index is 2.57. The predicted molar refractivity (Wildman–Crippen MR) is 59.5 cm³/mol. The van der Waals surface area contributed by atoms with Crippen LogP contribution >= 0.6 is 23.2 Å². The lowest BCUT2D eigenvalue weighted by atomic mass is 10.2. The Morgan fingerprint density at radius 3 is 2.93 bits per heavy atom. The topological polar surface area (TPSA) is 47.3 Å². The third-order valence-corrected chi connectivity index (χ3v) is 2.72. The average Bonchev–Trinajstić information content (AvgIpc) is 2.14. The molecule has 1 aromatic carbocycles. The highest BCUT2D eigenvalue weighted by atomic mass is 35.5. The van der Waals surface area contributed by atoms with Gasteiger partial charge in [0, 0.05) is 0 Å². The number of halogens is 2. The van der Waals surface area contributed by atoms with Gasteiger partial charge in [0.25, 0.3) is 0 Å². The highest BCUT2D eigenvalue weighted by Gasteiger charge is 2.22. The number of hydrogen-bond donors (Lipinski definition) is 2. The van der Waals surface area contributed by atoms with Gasteiger partial charge in [-0.2, -0.15) is 0 Å². The maximum atomic E-state index is 5.98. The van der Waals surface area contributed by atoms with Gasteiger partial charge < -0.3 is 15.8 Å². The molecule has 1 heterocycles. The molecule has 0 amide bonds. The molecule has 1 aliphatic heterocycles. The first-order chi connectivity index (χ1) is 6.59. The van der Waals surface area contributed by atoms with Crippen molar-refractivity contribution >= 4 is 34.6 Å². The van der Waals surface area contributed by atoms with Gasteiger partial charge in [-0.25, -0.2) is 0 Å². The number of fused-ring (bicyclic) bond motifs is 1. The highest BCUT2D eigenvalue weighted by Crippen LogP contribution is 2.44. The molecule has 76 valence electrons. The fraction of sp³-hybridized carbons (Fsp3) is 0.333. The van der Waals surface area contributed by atoms with Gasteiger partial charge >= 0.3 is 0 Å². The second kappa shape index (κ2) is 3.41. The predicted octanol–water partition coefficient (Wildman–Crippen LogP) is 2.77. The molecule has 0 spiro atoms. The van der Waals surface area contributed by atoms with Crippen LogP contribution in [0.2, 0.25) is 10.0 Å². The van der Waals surface area contributed by atoms with Crippen molar-refractivity contribution in [1.82, 2.24) is 0 Å². The van der Waals surface area contributed by atoms with Crippen molar-refractivity contribution in [2.45, 2.75) is 13.0 Å². The zero-order valence-corrected chi connectivity index (χ0v) is 9.12. The van der Waals surface area contributed by atoms with E-state index in [1.807, 2.05) is 6.92 Å². The van der Waals surface area contributed by atoms with E-state index >= 15 is 0 Å². The minimum atomic E-state index is 0.0688. The van der Waals surface area contributed by atoms with Crippen LogP contribution in [0.5, 0.6) is 5.75 Å². The Morgan fingerprint density at radius 2 is 2.21 bits per heavy atom. The zero-order chi connectivity index (χ0) is 10.3. The lowest BCUT2D eigenvalue weighted by Gasteiger charge is -2.27. The minimum Gasteiger partial charge on any atom is -0.484 e. The van der Waals surface area contributed by atoms with Gasteiger partial charge in [-0.3, -0.25) is 0 Å². The average molecular weight is 233 g/mol. The minimum absolute atomic E-state index is 0.0688. The SMILES string of the molecule is CC1CNc2c(Cl)cc(Cl)c(N)c2O1. The molecule has 1 aromatic rings. The van der Waals surface area contributed by atoms with Crippen molar-refractivity contribution in [2.75, 3.05) is 17.6 Å². The standard InChI is InChI=1S/C9H10Cl2N2O/c1-4-3-13-8-6(11)2-5(10)7(12)9(8)14-4/h2,4,13H,3,12H2,1H3. The third kappa shape index (κ3) is 1.47. The van der Waals surface area contributed by atoms with E-state index in [1.165, 1.54) is 0 Å². The molecule has 0 aromatic heterocycles. The van der Waals surface area contributed by atoms with Gasteiger partial charge in [0.15, 0.2) is 5.75 Å². The van der Waals surface area contributed by atoms with Crippen molar-refractivity contribution < 1.29 is 4.74 Å². The molecule has 3 nitrogen and oxygen atoms in total. The van der Waals surface area contributed by atoms with Crippen LogP contribution in [0.1, 0.15) is 6.92 Å². The normalized spacial score (nSPS) is 19.5. The van der Waals surface area contributed by atoms with Crippen molar-refractivity contribution in [3.63, 3.8) is 0 Å². The van der Waals surface area contributed by atoms with E-state index in [0.29, 0.717) is 28.0 Å². The van der Waals surface area contributed by atoms with E-state index in [1.54, 1.807) is 6.07 Å². The molecule has 0 saturated carbocycles. The smallest absolute Gasteiger partial charge is 0.168 e. The summed E-state index contributed by atoms with van der Waals surface area (Å²) in [5, 5.41) is 4.11. The van der Waals surface area contributed by atoms with Crippen molar-refractivity contribution in [3.8, 4) is 5.75 Å². The monoisotopic (exact) mass is 232 g/mol. The van der Waals surface area contributed by atoms with Crippen molar-refractivity contribution in [1.29, 1.82) is 0 Å². The second-order valence-corrected chi connectivity index (χ2v) is 4.08. The van der Waals surface area contributed by atoms with Gasteiger partial charge in [-0.1, -0.05) is 23.2 Å². The Bertz CT molecular complexity index is 382. The van der Waals surface area contributed by atoms with Crippen LogP contribution in [0.25, 0.3) is 0 Å². The van der Waals surface area contributed by atoms with E-state index in [-0.39, 0.29) is 6.10 Å². The fourth-order valence-corrected chi connectivity index (χ4v) is 1.90. The largest absolute Gasteiger partial charge is 0.484 e. The van der Waals surface area contributed by atoms with Crippen LogP contribution in [0, 0.1) is 0 Å². The fourth-order valence-electron chi connectivity index (χ4n) is 1.39. The van der Waals surface area contributed by atoms with Crippen molar-refractivity contribution in [3.05, 3.63) is 16.1 Å². The lowest BCUT2D eigenvalue weighted by Crippen LogP contribution is -2.28. The summed E-state index contributed by atoms with van der Waals surface area (Å²) >= 11 is 11.9. The van der Waals surface area contributed by atoms with Gasteiger partial charge in [0.05, 0.1) is 28.0 Å². The third-order valence-electron chi connectivity index (χ3n) is 2.11. The summed E-state index contributed by atoms with van der Waals surface area (Å²) in [4.78, 5) is 0. The molecule has 0 radical (unpaired) electrons. The Hall–Kier alpha value is -0.800. The van der Waals surface area contributed by atoms with E-state index in [4.69, 9.17) is 33.7 Å². The van der Waals surface area contributed by atoms with Gasteiger partial charge in [0.1, 0.15) is 6.10 Å². The lowest BCUT2D eigenvalue weighted by molar-refractivity contribution is 0.227. The molecular formula is C9H10Cl2N2O. The maximum Gasteiger partial charge on any atom is 0.168 e. The molecule has 0 fully saturated rings. The molecular weight excluding hydrogens is 223 g/mol. The number of ether oxygens (including phenoxy) is 1. The number of rotatable bonds is 0. The quantitative estimate of drug-likeness (QED) is 0.677. The Labute approximate surface area is 92.1 Å². The van der Waals surface area contributed by atoms with E-state index in [9.17, 15) is 0 Å². The number of nitrogens with two attached hydrogens (primary N) is 1. The summed E-state index contributed by atoms with van der Waals surface area (Å²) in [7, 11) is 0. The molecule has 1 atom stereocenters. The number of hydrogen-bond acceptors (Lipinski definition) is 3. The van der Waals surface area contributed by atoms with Crippen LogP contribution in [0.3, 0.4) is 0 Å². The molecule has 1 unspecified atom stereocenters. The summed E-state index contributed by atoms with van der Waals surface area (Å²) in [6.07, 6.45) is 0.0688. The van der Waals surface area contributed by atoms with Gasteiger partial charge in [-0.05, 0) is 13.0 Å². The number of nitrogens with one attached hydrogen (secondary N) is 1. The summed E-state index contributed by atoms with van der Waals surface area (Å²) in [5.74, 6) is 0.557. The Morgan fingerprint density at radius 1 is 1.50 bits per heavy atom. The van der Waals surface area contributed by atoms with Crippen LogP contribution in [-0.2, 0) is 0 Å². The van der Waals surface area contributed by atoms with Crippen LogP contribution in [0.15, 0.2) is 6.07 Å². The van der Waals surface area contributed by atoms with Crippen LogP contribution < -0.4 is 15.8 Å². The molecule has 14 heavy (non-hydrogen) atoms. The zero-order valence-electron chi connectivity index (χ0n) is 7.60. The summed E-state index contributed by atoms with van der Waals surface area (Å²) in [6.45, 7) is 2.66. The second-order valence-electron chi connectivity index (χ2n) is 3.27. The highest BCUT2D eigenvalue weighted by molar-refractivity contribution is 6.38. The summed E-state index contributed by atoms with van der Waals surface area (Å²) < 4.78 is 5.57. The van der Waals surface area contributed by atoms with E-state index < -0.39 is 0 Å². The maximum absolute atomic E-state index is 5.98. The first-order valence-corrected chi connectivity index (χ1v) is 5.03. The summed E-state index contributed by atoms with van der Waals surface area (Å²) in [5.41, 5.74) is 6.94. The first-order valence-electron chi connectivity index (χ1n) is 4.27. The van der Waals surface area contributed by atoms with Crippen LogP contribution in [0.4, 0.5) is 11.4 Å². The number of benzene rings is 1. The number of nitrogen functional groups attached to an aromatic ring is 1. The number of anilines is 2. The molecule has 0 bridgehead atoms. The molecule has 1 aliphatic rings. The Kier molecular flexibility index (Phi) is 2.37. The van der Waals surface area contributed by atoms with Crippen molar-refractivity contribution in [2.24, 2.45) is 0 Å². The van der Waals surface area contributed by atoms with Gasteiger partial charge in [-0.15, -0.1) is 0 Å². The van der Waals surface area contributed by atoms with Crippen LogP contribution in [-0.4, -0.2) is 12.6 Å². The summed E-state index contributed by atoms with van der Waals surface area (Å²) in [6, 6.07) is 1.61. The van der Waals surface area contributed by atoms with Gasteiger partial charge in [0.2, 0.25) is 0 Å². The molecule has 2 rings (SSSR count). The molecule has 3 N–H and O–H groups in total. The molecule has 0 aliphatic carbocycles. The molecule has 0 saturated heterocycles. The first kappa shape index (κ1) is 9.74. The molecule has 5 heteroatoms. The van der Waals surface area contributed by atoms with E-state index in [2.05, 4.69) is 5.32 Å². The van der Waals surface area contributed by atoms with E-state index in [0.717, 1.165) is 5.69 Å².